The quantitative estimate of drug-likeness (QED) is 0.481. The van der Waals surface area contributed by atoms with Gasteiger partial charge in [-0.3, -0.25) is 0 Å². The van der Waals surface area contributed by atoms with Gasteiger partial charge in [0, 0.05) is 0 Å². The smallest absolute Gasteiger partial charge is 0.222 e. The molecule has 0 spiro atoms. The van der Waals surface area contributed by atoms with E-state index in [0.717, 1.165) is 7.11 Å². The Morgan fingerprint density at radius 2 is 1.73 bits per heavy atom. The van der Waals surface area contributed by atoms with Crippen LogP contribution < -0.4 is 0 Å². The van der Waals surface area contributed by atoms with Gasteiger partial charge >= 0.3 is 16.8 Å². The average molecular weight is 196 g/mol. The van der Waals surface area contributed by atoms with Crippen LogP contribution in [0.3, 0.4) is 0 Å². The first-order chi connectivity index (χ1) is 4.77. The predicted octanol–water partition coefficient (Wildman–Crippen LogP) is 0.346. The second-order valence-corrected chi connectivity index (χ2v) is 2.29. The van der Waals surface area contributed by atoms with Crippen molar-refractivity contribution < 1.29 is 35.0 Å². The summed E-state index contributed by atoms with van der Waals surface area (Å²) in [6, 6.07) is 0. The summed E-state index contributed by atoms with van der Waals surface area (Å²) < 4.78 is 59.0. The van der Waals surface area contributed by atoms with Crippen molar-refractivity contribution in [1.29, 1.82) is 0 Å². The number of halogens is 3. The molecule has 9 heteroatoms. The molecule has 0 rings (SSSR count). The Morgan fingerprint density at radius 3 is 2.00 bits per heavy atom. The van der Waals surface area contributed by atoms with Crippen molar-refractivity contribution in [3.05, 3.63) is 0 Å². The molecule has 0 bridgehead atoms. The van der Waals surface area contributed by atoms with Gasteiger partial charge < -0.3 is 0 Å². The first-order valence-corrected chi connectivity index (χ1v) is 3.35. The summed E-state index contributed by atoms with van der Waals surface area (Å²) >= 11 is 0. The first kappa shape index (κ1) is 10.6. The molecule has 11 heavy (non-hydrogen) atoms. The molecule has 0 aromatic carbocycles. The van der Waals surface area contributed by atoms with Crippen LogP contribution in [0.25, 0.3) is 0 Å². The standard InChI is InChI=1S/C2H3F3O5S/c1-8-10-11(6,7)9-2(3,4)5/h1H3. The number of hydrogen-bond donors (Lipinski definition) is 0. The Hall–Kier alpha value is -0.380. The van der Waals surface area contributed by atoms with Gasteiger partial charge in [0.2, 0.25) is 0 Å². The van der Waals surface area contributed by atoms with Crippen molar-refractivity contribution in [2.45, 2.75) is 6.36 Å². The SMILES string of the molecule is COOS(=O)(=O)OC(F)(F)F. The molecule has 0 aromatic rings. The lowest BCUT2D eigenvalue weighted by Crippen LogP contribution is -2.21. The molecule has 0 aromatic heterocycles. The number of hydrogen-bond acceptors (Lipinski definition) is 5. The van der Waals surface area contributed by atoms with Gasteiger partial charge in [0.25, 0.3) is 0 Å². The summed E-state index contributed by atoms with van der Waals surface area (Å²) in [5.74, 6) is 0. The zero-order chi connectivity index (χ0) is 9.12. The third-order valence-corrected chi connectivity index (χ3v) is 1.04. The molecule has 0 N–H and O–H groups in total. The van der Waals surface area contributed by atoms with Crippen LogP contribution in [0.5, 0.6) is 0 Å². The highest BCUT2D eigenvalue weighted by Gasteiger charge is 2.38. The van der Waals surface area contributed by atoms with Crippen molar-refractivity contribution in [2.75, 3.05) is 7.11 Å². The molecule has 0 fully saturated rings. The summed E-state index contributed by atoms with van der Waals surface area (Å²) in [5.41, 5.74) is 0. The van der Waals surface area contributed by atoms with E-state index in [1.807, 2.05) is 0 Å². The van der Waals surface area contributed by atoms with Gasteiger partial charge in [0.15, 0.2) is 0 Å². The molecule has 0 saturated heterocycles. The largest absolute Gasteiger partial charge is 0.538 e. The zero-order valence-corrected chi connectivity index (χ0v) is 5.90. The highest BCUT2D eigenvalue weighted by Crippen LogP contribution is 2.19. The van der Waals surface area contributed by atoms with E-state index in [4.69, 9.17) is 0 Å². The van der Waals surface area contributed by atoms with Crippen molar-refractivity contribution in [3.8, 4) is 0 Å². The van der Waals surface area contributed by atoms with Crippen LogP contribution in [0.4, 0.5) is 13.2 Å². The summed E-state index contributed by atoms with van der Waals surface area (Å²) in [5, 5.41) is 0. The minimum Gasteiger partial charge on any atom is -0.222 e. The Bertz CT molecular complexity index is 204. The third kappa shape index (κ3) is 6.04. The summed E-state index contributed by atoms with van der Waals surface area (Å²) in [6.07, 6.45) is -5.31. The van der Waals surface area contributed by atoms with E-state index in [1.165, 1.54) is 0 Å². The Balaban J connectivity index is 4.15. The number of alkyl halides is 3. The van der Waals surface area contributed by atoms with Gasteiger partial charge in [-0.25, -0.2) is 4.89 Å². The molecular formula is C2H3F3O5S. The van der Waals surface area contributed by atoms with Gasteiger partial charge in [0.1, 0.15) is 0 Å². The average Bonchev–Trinajstić information content (AvgIpc) is 1.55. The molecule has 5 nitrogen and oxygen atoms in total. The Morgan fingerprint density at radius 1 is 1.27 bits per heavy atom. The van der Waals surface area contributed by atoms with Crippen molar-refractivity contribution in [3.63, 3.8) is 0 Å². The molecule has 0 heterocycles. The summed E-state index contributed by atoms with van der Waals surface area (Å²) in [6.45, 7) is 0. The fraction of sp³-hybridized carbons (Fsp3) is 1.00. The lowest BCUT2D eigenvalue weighted by atomic mass is 11.4. The Kier molecular flexibility index (Phi) is 3.23. The van der Waals surface area contributed by atoms with Gasteiger partial charge in [-0.15, -0.1) is 17.4 Å². The molecule has 0 unspecified atom stereocenters. The molecular weight excluding hydrogens is 193 g/mol. The second kappa shape index (κ2) is 3.34. The van der Waals surface area contributed by atoms with Crippen LogP contribution in [-0.2, 0) is 23.8 Å². The van der Waals surface area contributed by atoms with E-state index in [9.17, 15) is 21.6 Å². The summed E-state index contributed by atoms with van der Waals surface area (Å²) in [7, 11) is -4.42. The molecule has 0 aliphatic heterocycles. The lowest BCUT2D eigenvalue weighted by molar-refractivity contribution is -0.287. The van der Waals surface area contributed by atoms with E-state index in [0.29, 0.717) is 0 Å². The molecule has 0 amide bonds. The predicted molar refractivity (Wildman–Crippen MR) is 24.2 cm³/mol. The monoisotopic (exact) mass is 196 g/mol. The maximum atomic E-state index is 11.1. The van der Waals surface area contributed by atoms with Gasteiger partial charge in [-0.2, -0.15) is 8.42 Å². The number of rotatable bonds is 3. The van der Waals surface area contributed by atoms with Crippen molar-refractivity contribution in [2.24, 2.45) is 0 Å². The minimum absolute atomic E-state index is 0.720. The molecule has 0 atom stereocenters. The molecule has 0 radical (unpaired) electrons. The van der Waals surface area contributed by atoms with Gasteiger partial charge in [-0.1, -0.05) is 4.33 Å². The van der Waals surface area contributed by atoms with Crippen molar-refractivity contribution >= 4 is 10.4 Å². The first-order valence-electron chi connectivity index (χ1n) is 2.01. The fourth-order valence-corrected chi connectivity index (χ4v) is 0.639. The topological polar surface area (TPSA) is 61.8 Å². The second-order valence-electron chi connectivity index (χ2n) is 1.17. The highest BCUT2D eigenvalue weighted by molar-refractivity contribution is 7.81. The van der Waals surface area contributed by atoms with Crippen LogP contribution in [0.2, 0.25) is 0 Å². The lowest BCUT2D eigenvalue weighted by Gasteiger charge is -2.04. The van der Waals surface area contributed by atoms with Crippen molar-refractivity contribution in [1.82, 2.24) is 0 Å². The van der Waals surface area contributed by atoms with Crippen LogP contribution in [0, 0.1) is 0 Å². The van der Waals surface area contributed by atoms with Crippen LogP contribution in [-0.4, -0.2) is 21.9 Å². The van der Waals surface area contributed by atoms with Crippen LogP contribution in [0.1, 0.15) is 0 Å². The third-order valence-electron chi connectivity index (χ3n) is 0.348. The maximum absolute atomic E-state index is 11.1. The minimum atomic E-state index is -5.31. The van der Waals surface area contributed by atoms with E-state index in [-0.39, 0.29) is 0 Å². The molecule has 0 aliphatic carbocycles. The van der Waals surface area contributed by atoms with E-state index in [2.05, 4.69) is 13.4 Å². The molecule has 0 aliphatic rings. The van der Waals surface area contributed by atoms with Gasteiger partial charge in [0.05, 0.1) is 7.11 Å². The zero-order valence-electron chi connectivity index (χ0n) is 5.08. The van der Waals surface area contributed by atoms with Crippen LogP contribution in [0.15, 0.2) is 0 Å². The van der Waals surface area contributed by atoms with E-state index < -0.39 is 16.8 Å². The molecule has 0 saturated carbocycles. The van der Waals surface area contributed by atoms with Gasteiger partial charge in [-0.05, 0) is 0 Å². The maximum Gasteiger partial charge on any atom is 0.538 e. The highest BCUT2D eigenvalue weighted by atomic mass is 32.3. The fourth-order valence-electron chi connectivity index (χ4n) is 0.213. The molecule has 68 valence electrons. The normalized spacial score (nSPS) is 13.5. The summed E-state index contributed by atoms with van der Waals surface area (Å²) in [4.78, 5) is 3.44. The van der Waals surface area contributed by atoms with E-state index >= 15 is 0 Å². The van der Waals surface area contributed by atoms with E-state index in [1.54, 1.807) is 0 Å². The Labute approximate surface area is 59.9 Å². The van der Waals surface area contributed by atoms with Crippen LogP contribution >= 0.6 is 0 Å².